The van der Waals surface area contributed by atoms with Gasteiger partial charge in [-0.2, -0.15) is 0 Å². The van der Waals surface area contributed by atoms with Gasteiger partial charge in [0, 0.05) is 12.1 Å². The van der Waals surface area contributed by atoms with E-state index in [2.05, 4.69) is 5.32 Å². The number of hydrogen-bond donors (Lipinski definition) is 3. The zero-order valence-corrected chi connectivity index (χ0v) is 20.8. The molecule has 0 aromatic carbocycles. The van der Waals surface area contributed by atoms with E-state index in [1.54, 1.807) is 18.7 Å². The molecule has 3 fully saturated rings. The molecule has 8 nitrogen and oxygen atoms in total. The van der Waals surface area contributed by atoms with Crippen molar-refractivity contribution in [2.24, 2.45) is 11.7 Å². The van der Waals surface area contributed by atoms with Crippen LogP contribution < -0.4 is 11.1 Å². The molecule has 2 unspecified atom stereocenters. The van der Waals surface area contributed by atoms with Gasteiger partial charge in [0.1, 0.15) is 12.1 Å². The van der Waals surface area contributed by atoms with Gasteiger partial charge in [-0.05, 0) is 58.3 Å². The third-order valence-electron chi connectivity index (χ3n) is 7.25. The van der Waals surface area contributed by atoms with Crippen molar-refractivity contribution in [1.82, 2.24) is 10.2 Å². The highest BCUT2D eigenvalue weighted by molar-refractivity contribution is 5.88. The van der Waals surface area contributed by atoms with Crippen LogP contribution in [0.4, 0.5) is 0 Å². The van der Waals surface area contributed by atoms with Gasteiger partial charge in [0.25, 0.3) is 0 Å². The van der Waals surface area contributed by atoms with Gasteiger partial charge in [0.2, 0.25) is 5.91 Å². The van der Waals surface area contributed by atoms with Gasteiger partial charge < -0.3 is 20.5 Å². The summed E-state index contributed by atoms with van der Waals surface area (Å²) in [4.78, 5) is 38.5. The first-order chi connectivity index (χ1) is 15.8. The van der Waals surface area contributed by atoms with Gasteiger partial charge in [0.15, 0.2) is 0 Å². The monoisotopic (exact) mass is 467 g/mol. The first kappa shape index (κ1) is 27.6. The Balaban J connectivity index is 0.000000468. The number of likely N-dealkylation sites (tertiary alicyclic amines) is 1. The molecule has 3 rings (SSSR count). The lowest BCUT2D eigenvalue weighted by Crippen LogP contribution is -2.55. The molecule has 8 heteroatoms. The second kappa shape index (κ2) is 13.9. The fourth-order valence-electron chi connectivity index (χ4n) is 5.53. The van der Waals surface area contributed by atoms with E-state index in [1.165, 1.54) is 32.1 Å². The smallest absolute Gasteiger partial charge is 0.326 e. The number of carboxylic acids is 1. The van der Waals surface area contributed by atoms with Crippen molar-refractivity contribution >= 4 is 17.8 Å². The molecular formula is C25H45N3O5. The lowest BCUT2D eigenvalue weighted by atomic mass is 9.84. The molecule has 1 saturated heterocycles. The van der Waals surface area contributed by atoms with Gasteiger partial charge in [-0.3, -0.25) is 14.9 Å². The Bertz CT molecular complexity index is 638. The van der Waals surface area contributed by atoms with Crippen LogP contribution in [0.15, 0.2) is 0 Å². The third kappa shape index (κ3) is 7.95. The van der Waals surface area contributed by atoms with Gasteiger partial charge in [-0.15, -0.1) is 0 Å². The third-order valence-corrected chi connectivity index (χ3v) is 7.25. The van der Waals surface area contributed by atoms with Crippen molar-refractivity contribution < 1.29 is 24.2 Å². The van der Waals surface area contributed by atoms with E-state index in [9.17, 15) is 19.5 Å². The van der Waals surface area contributed by atoms with E-state index in [0.29, 0.717) is 25.5 Å². The summed E-state index contributed by atoms with van der Waals surface area (Å²) in [6.45, 7) is 5.72. The quantitative estimate of drug-likeness (QED) is 0.469. The number of carbonyl (C=O) groups excluding carboxylic acids is 2. The molecule has 2 aliphatic carbocycles. The maximum absolute atomic E-state index is 13.1. The average Bonchev–Trinajstić information content (AvgIpc) is 3.19. The summed E-state index contributed by atoms with van der Waals surface area (Å²) in [5, 5.41) is 12.7. The van der Waals surface area contributed by atoms with Crippen LogP contribution in [0, 0.1) is 5.92 Å². The highest BCUT2D eigenvalue weighted by Gasteiger charge is 2.48. The van der Waals surface area contributed by atoms with Crippen LogP contribution in [0.3, 0.4) is 0 Å². The lowest BCUT2D eigenvalue weighted by Gasteiger charge is -2.35. The molecule has 4 N–H and O–H groups in total. The molecule has 33 heavy (non-hydrogen) atoms. The molecule has 0 bridgehead atoms. The van der Waals surface area contributed by atoms with Crippen LogP contribution in [0.5, 0.6) is 0 Å². The van der Waals surface area contributed by atoms with Crippen molar-refractivity contribution in [1.29, 1.82) is 0 Å². The molecule has 0 aromatic rings. The van der Waals surface area contributed by atoms with Crippen molar-refractivity contribution in [3.63, 3.8) is 0 Å². The molecule has 5 atom stereocenters. The first-order valence-corrected chi connectivity index (χ1v) is 13.0. The van der Waals surface area contributed by atoms with Crippen LogP contribution in [0.2, 0.25) is 0 Å². The Kier molecular flexibility index (Phi) is 11.6. The van der Waals surface area contributed by atoms with Crippen molar-refractivity contribution in [3.8, 4) is 0 Å². The van der Waals surface area contributed by atoms with Crippen LogP contribution in [0.1, 0.15) is 97.8 Å². The number of amides is 1. The molecule has 0 radical (unpaired) electrons. The molecule has 190 valence electrons. The Morgan fingerprint density at radius 2 is 1.70 bits per heavy atom. The number of carbonyl (C=O) groups is 3. The second-order valence-corrected chi connectivity index (χ2v) is 9.83. The predicted octanol–water partition coefficient (Wildman–Crippen LogP) is 3.22. The van der Waals surface area contributed by atoms with E-state index in [0.717, 1.165) is 32.1 Å². The van der Waals surface area contributed by atoms with Crippen LogP contribution >= 0.6 is 0 Å². The Hall–Kier alpha value is -1.67. The Morgan fingerprint density at radius 3 is 2.24 bits per heavy atom. The minimum absolute atomic E-state index is 0.00817. The molecule has 0 aromatic heterocycles. The largest absolute Gasteiger partial charge is 0.480 e. The normalized spacial score (nSPS) is 27.0. The summed E-state index contributed by atoms with van der Waals surface area (Å²) in [5.74, 6) is -1.24. The number of aliphatic carboxylic acids is 1. The zero-order valence-electron chi connectivity index (χ0n) is 20.8. The van der Waals surface area contributed by atoms with Gasteiger partial charge in [0.05, 0.1) is 12.6 Å². The van der Waals surface area contributed by atoms with Crippen molar-refractivity contribution in [2.75, 3.05) is 6.61 Å². The lowest BCUT2D eigenvalue weighted by molar-refractivity contribution is -0.152. The molecule has 0 spiro atoms. The number of nitrogens with one attached hydrogen (secondary N) is 1. The summed E-state index contributed by atoms with van der Waals surface area (Å²) in [7, 11) is 0. The topological polar surface area (TPSA) is 122 Å². The number of carboxylic acid groups (broad SMARTS) is 1. The number of rotatable bonds is 8. The maximum Gasteiger partial charge on any atom is 0.326 e. The van der Waals surface area contributed by atoms with E-state index in [4.69, 9.17) is 10.5 Å². The fourth-order valence-corrected chi connectivity index (χ4v) is 5.53. The van der Waals surface area contributed by atoms with Gasteiger partial charge in [-0.1, -0.05) is 45.4 Å². The van der Waals surface area contributed by atoms with Crippen LogP contribution in [-0.4, -0.2) is 64.7 Å². The Labute approximate surface area is 199 Å². The SMILES string of the molecule is CCCC(NC(C)C(=O)N1[C@H](C(=O)O)C[C@@H]2CCCC[C@@H]21)C(=O)OCC.NC1CCCCC1. The number of nitrogens with two attached hydrogens (primary N) is 1. The molecule has 3 aliphatic rings. The number of fused-ring (bicyclic) bond motifs is 1. The minimum Gasteiger partial charge on any atom is -0.480 e. The standard InChI is InChI=1S/C19H32N2O5.C6H13N/c1-4-8-14(19(25)26-5-2)20-12(3)17(22)21-15-10-7-6-9-13(15)11-16(21)18(23)24;7-6-4-2-1-3-5-6/h12-16,20H,4-11H2,1-3H3,(H,23,24);6H,1-5,7H2/t12?,13-,14?,15-,16-;/m0./s1. The molecule has 1 aliphatic heterocycles. The summed E-state index contributed by atoms with van der Waals surface area (Å²) in [5.41, 5.74) is 5.63. The van der Waals surface area contributed by atoms with Gasteiger partial charge >= 0.3 is 11.9 Å². The number of ether oxygens (including phenoxy) is 1. The maximum atomic E-state index is 13.1. The fraction of sp³-hybridized carbons (Fsp3) is 0.880. The van der Waals surface area contributed by atoms with E-state index in [-0.39, 0.29) is 23.8 Å². The van der Waals surface area contributed by atoms with E-state index < -0.39 is 24.1 Å². The summed E-state index contributed by atoms with van der Waals surface area (Å²) >= 11 is 0. The Morgan fingerprint density at radius 1 is 1.06 bits per heavy atom. The van der Waals surface area contributed by atoms with Gasteiger partial charge in [-0.25, -0.2) is 4.79 Å². The van der Waals surface area contributed by atoms with Crippen molar-refractivity contribution in [3.05, 3.63) is 0 Å². The average molecular weight is 468 g/mol. The number of nitrogens with zero attached hydrogens (tertiary/aromatic N) is 1. The highest BCUT2D eigenvalue weighted by Crippen LogP contribution is 2.40. The minimum atomic E-state index is -0.935. The van der Waals surface area contributed by atoms with Crippen LogP contribution in [-0.2, 0) is 19.1 Å². The van der Waals surface area contributed by atoms with Crippen LogP contribution in [0.25, 0.3) is 0 Å². The number of esters is 1. The highest BCUT2D eigenvalue weighted by atomic mass is 16.5. The van der Waals surface area contributed by atoms with E-state index >= 15 is 0 Å². The molecule has 1 amide bonds. The summed E-state index contributed by atoms with van der Waals surface area (Å²) < 4.78 is 5.09. The first-order valence-electron chi connectivity index (χ1n) is 13.0. The molecule has 2 saturated carbocycles. The molecule has 1 heterocycles. The van der Waals surface area contributed by atoms with E-state index in [1.807, 2.05) is 6.92 Å². The van der Waals surface area contributed by atoms with Crippen molar-refractivity contribution in [2.45, 2.75) is 128 Å². The number of hydrogen-bond acceptors (Lipinski definition) is 6. The molecular weight excluding hydrogens is 422 g/mol. The summed E-state index contributed by atoms with van der Waals surface area (Å²) in [6, 6.07) is -1.39. The second-order valence-electron chi connectivity index (χ2n) is 9.83. The summed E-state index contributed by atoms with van der Waals surface area (Å²) in [6.07, 6.45) is 12.5. The zero-order chi connectivity index (χ0) is 24.4. The predicted molar refractivity (Wildman–Crippen MR) is 128 cm³/mol.